The van der Waals surface area contributed by atoms with E-state index in [1.165, 1.54) is 28.9 Å². The predicted molar refractivity (Wildman–Crippen MR) is 128 cm³/mol. The number of hydrogen-bond donors (Lipinski definition) is 0. The lowest BCUT2D eigenvalue weighted by atomic mass is 10.1. The molecular formula is C25H20F3N7O3. The Kier molecular flexibility index (Phi) is 5.51. The van der Waals surface area contributed by atoms with E-state index >= 15 is 0 Å². The Bertz CT molecular complexity index is 1720. The van der Waals surface area contributed by atoms with Gasteiger partial charge in [-0.25, -0.2) is 29.4 Å². The Labute approximate surface area is 212 Å². The van der Waals surface area contributed by atoms with Crippen molar-refractivity contribution in [1.82, 2.24) is 34.3 Å². The lowest BCUT2D eigenvalue weighted by molar-refractivity contribution is -0.141. The van der Waals surface area contributed by atoms with Crippen LogP contribution in [0, 0.1) is 6.92 Å². The van der Waals surface area contributed by atoms with Gasteiger partial charge in [0.1, 0.15) is 11.9 Å². The van der Waals surface area contributed by atoms with Crippen LogP contribution < -0.4 is 10.5 Å². The maximum Gasteiger partial charge on any atom is 0.435 e. The van der Waals surface area contributed by atoms with Crippen LogP contribution >= 0.6 is 0 Å². The number of nitrogens with zero attached hydrogens (tertiary/aromatic N) is 7. The minimum Gasteiger partial charge on any atom is -0.480 e. The van der Waals surface area contributed by atoms with Gasteiger partial charge in [-0.2, -0.15) is 18.3 Å². The van der Waals surface area contributed by atoms with Gasteiger partial charge in [-0.1, -0.05) is 12.1 Å². The van der Waals surface area contributed by atoms with Crippen LogP contribution in [-0.2, 0) is 12.7 Å². The highest BCUT2D eigenvalue weighted by Crippen LogP contribution is 2.44. The topological polar surface area (TPSA) is 114 Å². The van der Waals surface area contributed by atoms with E-state index in [4.69, 9.17) is 9.15 Å². The average Bonchev–Trinajstić information content (AvgIpc) is 3.60. The van der Waals surface area contributed by atoms with Crippen LogP contribution in [0.2, 0.25) is 0 Å². The van der Waals surface area contributed by atoms with Crippen molar-refractivity contribution in [2.24, 2.45) is 0 Å². The van der Waals surface area contributed by atoms with Crippen LogP contribution in [0.25, 0.3) is 28.3 Å². The molecule has 10 nitrogen and oxygen atoms in total. The van der Waals surface area contributed by atoms with Gasteiger partial charge in [0.25, 0.3) is 0 Å². The molecule has 0 spiro atoms. The minimum atomic E-state index is -4.53. The summed E-state index contributed by atoms with van der Waals surface area (Å²) in [5.74, 6) is 0.317. The maximum absolute atomic E-state index is 13.0. The van der Waals surface area contributed by atoms with Gasteiger partial charge in [0.05, 0.1) is 31.2 Å². The van der Waals surface area contributed by atoms with Gasteiger partial charge in [-0.05, 0) is 43.5 Å². The summed E-state index contributed by atoms with van der Waals surface area (Å²) in [5.41, 5.74) is 2.43. The first-order chi connectivity index (χ1) is 18.2. The van der Waals surface area contributed by atoms with Crippen molar-refractivity contribution < 1.29 is 22.3 Å². The third kappa shape index (κ3) is 4.19. The number of aryl methyl sites for hydroxylation is 1. The Morgan fingerprint density at radius 1 is 1.13 bits per heavy atom. The summed E-state index contributed by atoms with van der Waals surface area (Å²) in [4.78, 5) is 30.3. The first-order valence-electron chi connectivity index (χ1n) is 11.7. The molecule has 194 valence electrons. The zero-order valence-corrected chi connectivity index (χ0v) is 20.2. The molecular weight excluding hydrogens is 503 g/mol. The number of hydrogen-bond acceptors (Lipinski definition) is 8. The zero-order chi connectivity index (χ0) is 26.6. The molecule has 1 fully saturated rings. The highest BCUT2D eigenvalue weighted by Gasteiger charge is 2.34. The van der Waals surface area contributed by atoms with Gasteiger partial charge >= 0.3 is 11.9 Å². The Morgan fingerprint density at radius 3 is 2.55 bits per heavy atom. The van der Waals surface area contributed by atoms with Crippen molar-refractivity contribution >= 4 is 11.2 Å². The molecule has 1 aliphatic rings. The Balaban J connectivity index is 1.35. The summed E-state index contributed by atoms with van der Waals surface area (Å²) in [6, 6.07) is 7.67. The lowest BCUT2D eigenvalue weighted by Crippen LogP contribution is -2.15. The SMILES string of the molecule is COc1ncnc(C2CC2)c1-c1ncc2oc(=O)n(Cc3ccc(-n4nc(C(F)(F)F)cc4C)cc3)c2n1. The normalized spacial score (nSPS) is 13.8. The van der Waals surface area contributed by atoms with Gasteiger partial charge in [0.2, 0.25) is 5.88 Å². The van der Waals surface area contributed by atoms with Crippen molar-refractivity contribution in [2.45, 2.75) is 38.4 Å². The highest BCUT2D eigenvalue weighted by atomic mass is 19.4. The smallest absolute Gasteiger partial charge is 0.435 e. The molecule has 0 radical (unpaired) electrons. The summed E-state index contributed by atoms with van der Waals surface area (Å²) >= 11 is 0. The molecule has 0 amide bonds. The standard InChI is InChI=1S/C25H20F3N7O3/c1-13-9-18(25(26,27)28)33-35(13)16-7-3-14(4-8-16)11-34-22-17(38-24(34)36)10-29-21(32-22)19-20(15-5-6-15)30-12-31-23(19)37-2/h3-4,7-10,12,15H,5-6,11H2,1-2H3. The van der Waals surface area contributed by atoms with E-state index in [9.17, 15) is 18.0 Å². The van der Waals surface area contributed by atoms with E-state index in [0.717, 1.165) is 24.6 Å². The molecule has 0 unspecified atom stereocenters. The van der Waals surface area contributed by atoms with Crippen LogP contribution in [0.15, 0.2) is 52.1 Å². The van der Waals surface area contributed by atoms with Crippen LogP contribution in [-0.4, -0.2) is 41.4 Å². The summed E-state index contributed by atoms with van der Waals surface area (Å²) in [6.45, 7) is 1.67. The fourth-order valence-electron chi connectivity index (χ4n) is 4.34. The molecule has 1 saturated carbocycles. The molecule has 0 bridgehead atoms. The number of ether oxygens (including phenoxy) is 1. The van der Waals surface area contributed by atoms with Crippen LogP contribution in [0.3, 0.4) is 0 Å². The number of rotatable bonds is 6. The van der Waals surface area contributed by atoms with E-state index in [2.05, 4.69) is 25.0 Å². The van der Waals surface area contributed by atoms with E-state index in [1.807, 2.05) is 0 Å². The summed E-state index contributed by atoms with van der Waals surface area (Å²) in [7, 11) is 1.51. The van der Waals surface area contributed by atoms with Crippen LogP contribution in [0.4, 0.5) is 13.2 Å². The third-order valence-electron chi connectivity index (χ3n) is 6.33. The second-order valence-electron chi connectivity index (χ2n) is 9.00. The van der Waals surface area contributed by atoms with E-state index < -0.39 is 17.6 Å². The number of benzene rings is 1. The second kappa shape index (κ2) is 8.78. The summed E-state index contributed by atoms with van der Waals surface area (Å²) in [6.07, 6.45) is 0.339. The molecule has 1 aromatic carbocycles. The molecule has 1 aliphatic carbocycles. The fourth-order valence-corrected chi connectivity index (χ4v) is 4.34. The quantitative estimate of drug-likeness (QED) is 0.324. The van der Waals surface area contributed by atoms with Crippen molar-refractivity contribution in [2.75, 3.05) is 7.11 Å². The van der Waals surface area contributed by atoms with E-state index in [-0.39, 0.29) is 23.7 Å². The minimum absolute atomic E-state index is 0.117. The molecule has 5 aromatic rings. The zero-order valence-electron chi connectivity index (χ0n) is 20.2. The number of fused-ring (bicyclic) bond motifs is 1. The molecule has 4 aromatic heterocycles. The molecule has 0 saturated heterocycles. The lowest BCUT2D eigenvalue weighted by Gasteiger charge is -2.10. The van der Waals surface area contributed by atoms with Crippen molar-refractivity contribution in [3.05, 3.63) is 76.1 Å². The molecule has 6 rings (SSSR count). The predicted octanol–water partition coefficient (Wildman–Crippen LogP) is 4.29. The number of oxazole rings is 1. The number of aromatic nitrogens is 7. The van der Waals surface area contributed by atoms with E-state index in [1.54, 1.807) is 31.2 Å². The number of halogens is 3. The Morgan fingerprint density at radius 2 is 1.89 bits per heavy atom. The fraction of sp³-hybridized carbons (Fsp3) is 0.280. The molecule has 0 atom stereocenters. The molecule has 0 N–H and O–H groups in total. The third-order valence-corrected chi connectivity index (χ3v) is 6.33. The van der Waals surface area contributed by atoms with Crippen molar-refractivity contribution in [3.63, 3.8) is 0 Å². The monoisotopic (exact) mass is 523 g/mol. The second-order valence-corrected chi connectivity index (χ2v) is 9.00. The van der Waals surface area contributed by atoms with Gasteiger partial charge in [0.15, 0.2) is 22.7 Å². The van der Waals surface area contributed by atoms with Crippen LogP contribution in [0.1, 0.15) is 41.4 Å². The first-order valence-corrected chi connectivity index (χ1v) is 11.7. The van der Waals surface area contributed by atoms with Gasteiger partial charge in [-0.3, -0.25) is 4.57 Å². The average molecular weight is 523 g/mol. The maximum atomic E-state index is 13.0. The molecule has 0 aliphatic heterocycles. The number of methoxy groups -OCH3 is 1. The Hall–Kier alpha value is -4.55. The summed E-state index contributed by atoms with van der Waals surface area (Å²) in [5, 5.41) is 3.67. The summed E-state index contributed by atoms with van der Waals surface area (Å²) < 4.78 is 52.5. The number of alkyl halides is 3. The van der Waals surface area contributed by atoms with E-state index in [0.29, 0.717) is 34.2 Å². The first kappa shape index (κ1) is 23.8. The van der Waals surface area contributed by atoms with Gasteiger partial charge in [-0.15, -0.1) is 0 Å². The van der Waals surface area contributed by atoms with Crippen molar-refractivity contribution in [3.8, 4) is 23.0 Å². The van der Waals surface area contributed by atoms with Gasteiger partial charge in [0, 0.05) is 11.6 Å². The molecule has 38 heavy (non-hydrogen) atoms. The van der Waals surface area contributed by atoms with Gasteiger partial charge < -0.3 is 9.15 Å². The molecule has 13 heteroatoms. The van der Waals surface area contributed by atoms with Crippen LogP contribution in [0.5, 0.6) is 5.88 Å². The molecule has 4 heterocycles. The largest absolute Gasteiger partial charge is 0.480 e. The highest BCUT2D eigenvalue weighted by molar-refractivity contribution is 5.73. The van der Waals surface area contributed by atoms with Crippen molar-refractivity contribution in [1.29, 1.82) is 0 Å².